The Balaban J connectivity index is 2.48. The molecule has 2 rings (SSSR count). The Labute approximate surface area is 77.4 Å². The van der Waals surface area contributed by atoms with Crippen molar-refractivity contribution in [1.29, 1.82) is 0 Å². The summed E-state index contributed by atoms with van der Waals surface area (Å²) in [6, 6.07) is 4.21. The van der Waals surface area contributed by atoms with Crippen molar-refractivity contribution in [3.05, 3.63) is 30.2 Å². The summed E-state index contributed by atoms with van der Waals surface area (Å²) in [7, 11) is 0. The fourth-order valence-electron chi connectivity index (χ4n) is 1.37. The lowest BCUT2D eigenvalue weighted by molar-refractivity contribution is 0.731. The van der Waals surface area contributed by atoms with E-state index < -0.39 is 0 Å². The Morgan fingerprint density at radius 3 is 3.15 bits per heavy atom. The van der Waals surface area contributed by atoms with Crippen LogP contribution in [0.15, 0.2) is 24.7 Å². The predicted molar refractivity (Wildman–Crippen MR) is 51.7 cm³/mol. The van der Waals surface area contributed by atoms with Crippen molar-refractivity contribution < 1.29 is 0 Å². The number of rotatable bonds is 2. The van der Waals surface area contributed by atoms with Crippen LogP contribution in [0.2, 0.25) is 0 Å². The molecule has 1 atom stereocenters. The van der Waals surface area contributed by atoms with E-state index in [1.165, 1.54) is 5.56 Å². The number of pyridine rings is 1. The molecular weight excluding hydrogens is 162 g/mol. The standard InChI is InChI=1S/C10H13N3/c1-3-8(2)9-4-5-13-10(6-9)11-7-12-13/h4-8H,3H2,1-2H3. The minimum atomic E-state index is 0.599. The Bertz CT molecular complexity index is 405. The zero-order valence-electron chi connectivity index (χ0n) is 7.94. The van der Waals surface area contributed by atoms with Gasteiger partial charge in [0.15, 0.2) is 5.65 Å². The van der Waals surface area contributed by atoms with Gasteiger partial charge in [-0.3, -0.25) is 0 Å². The van der Waals surface area contributed by atoms with Gasteiger partial charge in [-0.2, -0.15) is 5.10 Å². The molecule has 0 aromatic carbocycles. The molecule has 3 nitrogen and oxygen atoms in total. The molecule has 2 aromatic heterocycles. The maximum Gasteiger partial charge on any atom is 0.155 e. The van der Waals surface area contributed by atoms with Gasteiger partial charge in [0.25, 0.3) is 0 Å². The molecule has 1 unspecified atom stereocenters. The van der Waals surface area contributed by atoms with E-state index in [1.54, 1.807) is 10.8 Å². The molecule has 2 aromatic rings. The van der Waals surface area contributed by atoms with Crippen LogP contribution in [0.3, 0.4) is 0 Å². The second-order valence-corrected chi connectivity index (χ2v) is 3.33. The van der Waals surface area contributed by atoms with Crippen LogP contribution >= 0.6 is 0 Å². The van der Waals surface area contributed by atoms with E-state index in [9.17, 15) is 0 Å². The fourth-order valence-corrected chi connectivity index (χ4v) is 1.37. The zero-order chi connectivity index (χ0) is 9.26. The van der Waals surface area contributed by atoms with Gasteiger partial charge in [-0.15, -0.1) is 0 Å². The van der Waals surface area contributed by atoms with Crippen molar-refractivity contribution >= 4 is 5.65 Å². The van der Waals surface area contributed by atoms with Crippen LogP contribution in [0, 0.1) is 0 Å². The molecule has 0 aliphatic carbocycles. The molecule has 0 N–H and O–H groups in total. The van der Waals surface area contributed by atoms with Gasteiger partial charge >= 0.3 is 0 Å². The molecule has 3 heteroatoms. The Kier molecular flexibility index (Phi) is 2.00. The molecule has 0 spiro atoms. The van der Waals surface area contributed by atoms with Crippen molar-refractivity contribution in [3.63, 3.8) is 0 Å². The topological polar surface area (TPSA) is 30.2 Å². The van der Waals surface area contributed by atoms with Gasteiger partial charge in [0, 0.05) is 6.20 Å². The monoisotopic (exact) mass is 175 g/mol. The van der Waals surface area contributed by atoms with Gasteiger partial charge in [0.1, 0.15) is 6.33 Å². The van der Waals surface area contributed by atoms with Gasteiger partial charge in [-0.05, 0) is 30.0 Å². The molecule has 13 heavy (non-hydrogen) atoms. The molecule has 2 heterocycles. The molecule has 0 saturated carbocycles. The zero-order valence-corrected chi connectivity index (χ0v) is 7.94. The third kappa shape index (κ3) is 1.41. The summed E-state index contributed by atoms with van der Waals surface area (Å²) in [5, 5.41) is 4.05. The third-order valence-electron chi connectivity index (χ3n) is 2.49. The van der Waals surface area contributed by atoms with Gasteiger partial charge < -0.3 is 0 Å². The average Bonchev–Trinajstić information content (AvgIpc) is 2.63. The van der Waals surface area contributed by atoms with Gasteiger partial charge in [0.2, 0.25) is 0 Å². The Morgan fingerprint density at radius 1 is 1.54 bits per heavy atom. The van der Waals surface area contributed by atoms with Crippen LogP contribution in [0.1, 0.15) is 31.7 Å². The Morgan fingerprint density at radius 2 is 2.38 bits per heavy atom. The number of hydrogen-bond acceptors (Lipinski definition) is 2. The molecule has 68 valence electrons. The molecule has 0 amide bonds. The van der Waals surface area contributed by atoms with E-state index in [4.69, 9.17) is 0 Å². The molecule has 0 saturated heterocycles. The predicted octanol–water partition coefficient (Wildman–Crippen LogP) is 2.24. The second kappa shape index (κ2) is 3.17. The van der Waals surface area contributed by atoms with Crippen LogP contribution in [0.25, 0.3) is 5.65 Å². The van der Waals surface area contributed by atoms with E-state index in [2.05, 4.69) is 36.1 Å². The highest BCUT2D eigenvalue weighted by molar-refractivity contribution is 5.40. The summed E-state index contributed by atoms with van der Waals surface area (Å²) in [6.45, 7) is 4.42. The summed E-state index contributed by atoms with van der Waals surface area (Å²) in [6.07, 6.45) is 4.70. The average molecular weight is 175 g/mol. The normalized spacial score (nSPS) is 13.4. The van der Waals surface area contributed by atoms with E-state index in [0.717, 1.165) is 12.1 Å². The van der Waals surface area contributed by atoms with E-state index in [-0.39, 0.29) is 0 Å². The summed E-state index contributed by atoms with van der Waals surface area (Å²) in [5.41, 5.74) is 2.26. The highest BCUT2D eigenvalue weighted by Gasteiger charge is 2.03. The minimum Gasteiger partial charge on any atom is -0.221 e. The first kappa shape index (κ1) is 8.23. The second-order valence-electron chi connectivity index (χ2n) is 3.33. The first-order chi connectivity index (χ1) is 6.31. The van der Waals surface area contributed by atoms with Gasteiger partial charge in [-0.25, -0.2) is 9.50 Å². The lowest BCUT2D eigenvalue weighted by Gasteiger charge is -2.07. The lowest BCUT2D eigenvalue weighted by atomic mass is 10.0. The first-order valence-electron chi connectivity index (χ1n) is 4.60. The van der Waals surface area contributed by atoms with Crippen LogP contribution in [-0.4, -0.2) is 14.6 Å². The smallest absolute Gasteiger partial charge is 0.155 e. The molecule has 0 aliphatic rings. The van der Waals surface area contributed by atoms with Gasteiger partial charge in [-0.1, -0.05) is 13.8 Å². The number of hydrogen-bond donors (Lipinski definition) is 0. The summed E-state index contributed by atoms with van der Waals surface area (Å²) in [5.74, 6) is 0.599. The summed E-state index contributed by atoms with van der Waals surface area (Å²) >= 11 is 0. The molecule has 0 radical (unpaired) electrons. The molecule has 0 fully saturated rings. The van der Waals surface area contributed by atoms with Crippen molar-refractivity contribution in [3.8, 4) is 0 Å². The van der Waals surface area contributed by atoms with Crippen LogP contribution in [-0.2, 0) is 0 Å². The van der Waals surface area contributed by atoms with Crippen molar-refractivity contribution in [2.45, 2.75) is 26.2 Å². The van der Waals surface area contributed by atoms with Crippen LogP contribution < -0.4 is 0 Å². The number of aromatic nitrogens is 3. The number of nitrogens with zero attached hydrogens (tertiary/aromatic N) is 3. The first-order valence-corrected chi connectivity index (χ1v) is 4.60. The van der Waals surface area contributed by atoms with Crippen molar-refractivity contribution in [2.75, 3.05) is 0 Å². The summed E-state index contributed by atoms with van der Waals surface area (Å²) < 4.78 is 1.78. The van der Waals surface area contributed by atoms with E-state index >= 15 is 0 Å². The van der Waals surface area contributed by atoms with Crippen LogP contribution in [0.5, 0.6) is 0 Å². The van der Waals surface area contributed by atoms with Crippen molar-refractivity contribution in [1.82, 2.24) is 14.6 Å². The maximum absolute atomic E-state index is 4.15. The third-order valence-corrected chi connectivity index (χ3v) is 2.49. The molecular formula is C10H13N3. The lowest BCUT2D eigenvalue weighted by Crippen LogP contribution is -1.94. The molecule has 0 aliphatic heterocycles. The minimum absolute atomic E-state index is 0.599. The van der Waals surface area contributed by atoms with E-state index in [1.807, 2.05) is 6.20 Å². The largest absolute Gasteiger partial charge is 0.221 e. The van der Waals surface area contributed by atoms with Gasteiger partial charge in [0.05, 0.1) is 0 Å². The van der Waals surface area contributed by atoms with Crippen molar-refractivity contribution in [2.24, 2.45) is 0 Å². The SMILES string of the molecule is CCC(C)c1ccn2ncnc2c1. The quantitative estimate of drug-likeness (QED) is 0.700. The number of fused-ring (bicyclic) bond motifs is 1. The highest BCUT2D eigenvalue weighted by Crippen LogP contribution is 2.18. The molecule has 0 bridgehead atoms. The van der Waals surface area contributed by atoms with Crippen LogP contribution in [0.4, 0.5) is 0 Å². The maximum atomic E-state index is 4.15. The Hall–Kier alpha value is -1.38. The van der Waals surface area contributed by atoms with E-state index in [0.29, 0.717) is 5.92 Å². The summed E-state index contributed by atoms with van der Waals surface area (Å²) in [4.78, 5) is 4.15. The fraction of sp³-hybridized carbons (Fsp3) is 0.400. The highest BCUT2D eigenvalue weighted by atomic mass is 15.3.